The highest BCUT2D eigenvalue weighted by molar-refractivity contribution is 6.34. The van der Waals surface area contributed by atoms with Crippen LogP contribution in [0.2, 0.25) is 0 Å². The number of H-pyrrole nitrogens is 1. The summed E-state index contributed by atoms with van der Waals surface area (Å²) in [5.41, 5.74) is 8.15. The number of rotatable bonds is 2. The highest BCUT2D eigenvalue weighted by atomic mass is 16.2. The molecule has 0 fully saturated rings. The van der Waals surface area contributed by atoms with E-state index in [4.69, 9.17) is 0 Å². The van der Waals surface area contributed by atoms with Crippen LogP contribution in [0.4, 0.5) is 5.82 Å². The maximum absolute atomic E-state index is 12.6. The van der Waals surface area contributed by atoms with Crippen molar-refractivity contribution in [1.29, 1.82) is 0 Å². The van der Waals surface area contributed by atoms with Crippen LogP contribution < -0.4 is 5.32 Å². The van der Waals surface area contributed by atoms with Crippen LogP contribution in [0, 0.1) is 6.92 Å². The molecule has 0 radical (unpaired) electrons. The average molecular weight is 356 g/mol. The molecule has 5 heteroatoms. The van der Waals surface area contributed by atoms with Crippen molar-refractivity contribution < 1.29 is 4.79 Å². The third kappa shape index (κ3) is 2.76. The molecular weight excluding hydrogens is 336 g/mol. The van der Waals surface area contributed by atoms with E-state index in [0.717, 1.165) is 40.9 Å². The van der Waals surface area contributed by atoms with Gasteiger partial charge in [0.05, 0.1) is 5.57 Å². The summed E-state index contributed by atoms with van der Waals surface area (Å²) in [6.07, 6.45) is 10.2. The molecule has 0 aromatic carbocycles. The van der Waals surface area contributed by atoms with Gasteiger partial charge in [0.25, 0.3) is 5.91 Å². The predicted molar refractivity (Wildman–Crippen MR) is 106 cm³/mol. The number of aryl methyl sites for hydroxylation is 3. The number of pyridine rings is 2. The van der Waals surface area contributed by atoms with Crippen LogP contribution in [-0.4, -0.2) is 20.9 Å². The molecule has 1 aliphatic carbocycles. The van der Waals surface area contributed by atoms with Gasteiger partial charge >= 0.3 is 0 Å². The summed E-state index contributed by atoms with van der Waals surface area (Å²) in [5.74, 6) is 0.536. The van der Waals surface area contributed by atoms with Crippen LogP contribution in [0.15, 0.2) is 36.7 Å². The second-order valence-electron chi connectivity index (χ2n) is 7.20. The van der Waals surface area contributed by atoms with Gasteiger partial charge in [-0.25, -0.2) is 4.98 Å². The number of aromatic amines is 1. The van der Waals surface area contributed by atoms with Crippen molar-refractivity contribution in [3.05, 3.63) is 64.9 Å². The molecule has 1 aliphatic heterocycles. The second kappa shape index (κ2) is 6.20. The number of carbonyl (C=O) groups is 1. The van der Waals surface area contributed by atoms with E-state index in [1.807, 2.05) is 25.1 Å². The summed E-state index contributed by atoms with van der Waals surface area (Å²) in [4.78, 5) is 24.8. The molecule has 1 amide bonds. The molecule has 5 nitrogen and oxygen atoms in total. The number of hydrogen-bond acceptors (Lipinski definition) is 3. The molecule has 0 unspecified atom stereocenters. The van der Waals surface area contributed by atoms with E-state index in [9.17, 15) is 4.79 Å². The maximum Gasteiger partial charge on any atom is 0.257 e. The number of anilines is 1. The van der Waals surface area contributed by atoms with Crippen LogP contribution >= 0.6 is 0 Å². The molecule has 0 atom stereocenters. The topological polar surface area (TPSA) is 70.7 Å². The Kier molecular flexibility index (Phi) is 3.67. The molecule has 5 rings (SSSR count). The number of amides is 1. The summed E-state index contributed by atoms with van der Waals surface area (Å²) >= 11 is 0. The summed E-state index contributed by atoms with van der Waals surface area (Å²) in [6, 6.07) is 8.16. The summed E-state index contributed by atoms with van der Waals surface area (Å²) in [6.45, 7) is 1.96. The normalized spacial score (nSPS) is 16.9. The monoisotopic (exact) mass is 356 g/mol. The maximum atomic E-state index is 12.6. The minimum absolute atomic E-state index is 0.101. The molecule has 0 saturated carbocycles. The smallest absolute Gasteiger partial charge is 0.257 e. The number of nitrogens with one attached hydrogen (secondary N) is 2. The van der Waals surface area contributed by atoms with Gasteiger partial charge in [-0.3, -0.25) is 9.78 Å². The molecular formula is C22H20N4O. The van der Waals surface area contributed by atoms with Gasteiger partial charge in [0.15, 0.2) is 0 Å². The van der Waals surface area contributed by atoms with Gasteiger partial charge in [-0.05, 0) is 74.1 Å². The molecule has 3 aromatic heterocycles. The van der Waals surface area contributed by atoms with Gasteiger partial charge in [-0.1, -0.05) is 0 Å². The lowest BCUT2D eigenvalue weighted by Gasteiger charge is -2.09. The Morgan fingerprint density at radius 3 is 2.70 bits per heavy atom. The average Bonchev–Trinajstić information content (AvgIpc) is 3.22. The Bertz CT molecular complexity index is 1060. The van der Waals surface area contributed by atoms with Crippen molar-refractivity contribution >= 4 is 23.4 Å². The lowest BCUT2D eigenvalue weighted by Crippen LogP contribution is -2.04. The number of aromatic nitrogens is 3. The first kappa shape index (κ1) is 16.0. The predicted octanol–water partition coefficient (Wildman–Crippen LogP) is 4.15. The lowest BCUT2D eigenvalue weighted by atomic mass is 9.98. The molecule has 2 aliphatic rings. The van der Waals surface area contributed by atoms with Crippen molar-refractivity contribution in [2.75, 3.05) is 5.32 Å². The van der Waals surface area contributed by atoms with Crippen LogP contribution in [0.3, 0.4) is 0 Å². The molecule has 4 heterocycles. The zero-order valence-corrected chi connectivity index (χ0v) is 15.2. The first-order valence-corrected chi connectivity index (χ1v) is 9.35. The van der Waals surface area contributed by atoms with Gasteiger partial charge < -0.3 is 10.3 Å². The third-order valence-electron chi connectivity index (χ3n) is 5.41. The Balaban J connectivity index is 1.60. The molecule has 0 saturated heterocycles. The molecule has 27 heavy (non-hydrogen) atoms. The van der Waals surface area contributed by atoms with E-state index in [1.165, 1.54) is 24.1 Å². The van der Waals surface area contributed by atoms with E-state index in [2.05, 4.69) is 32.4 Å². The zero-order valence-electron chi connectivity index (χ0n) is 15.2. The Morgan fingerprint density at radius 2 is 1.89 bits per heavy atom. The zero-order chi connectivity index (χ0) is 18.4. The number of carbonyl (C=O) groups excluding carboxylic acids is 1. The van der Waals surface area contributed by atoms with E-state index in [-0.39, 0.29) is 5.91 Å². The van der Waals surface area contributed by atoms with Gasteiger partial charge in [0.2, 0.25) is 0 Å². The van der Waals surface area contributed by atoms with E-state index in [1.54, 1.807) is 12.4 Å². The van der Waals surface area contributed by atoms with Crippen molar-refractivity contribution in [3.63, 3.8) is 0 Å². The fraction of sp³-hybridized carbons (Fsp3) is 0.227. The van der Waals surface area contributed by atoms with Crippen LogP contribution in [0.1, 0.15) is 41.1 Å². The van der Waals surface area contributed by atoms with Crippen LogP contribution in [0.5, 0.6) is 0 Å². The van der Waals surface area contributed by atoms with Crippen molar-refractivity contribution in [2.24, 2.45) is 0 Å². The quantitative estimate of drug-likeness (QED) is 0.678. The van der Waals surface area contributed by atoms with Crippen molar-refractivity contribution in [2.45, 2.75) is 32.6 Å². The van der Waals surface area contributed by atoms with Gasteiger partial charge in [0, 0.05) is 40.6 Å². The number of nitrogens with zero attached hydrogens (tertiary/aromatic N) is 2. The summed E-state index contributed by atoms with van der Waals surface area (Å²) in [5, 5.41) is 2.90. The minimum Gasteiger partial charge on any atom is -0.359 e. The highest BCUT2D eigenvalue weighted by Gasteiger charge is 2.27. The fourth-order valence-corrected chi connectivity index (χ4v) is 4.03. The van der Waals surface area contributed by atoms with E-state index in [0.29, 0.717) is 11.4 Å². The molecule has 0 bridgehead atoms. The van der Waals surface area contributed by atoms with Crippen molar-refractivity contribution in [3.8, 4) is 11.1 Å². The Labute approximate surface area is 157 Å². The number of hydrogen-bond donors (Lipinski definition) is 2. The Hall–Kier alpha value is -3.21. The van der Waals surface area contributed by atoms with Gasteiger partial charge in [0.1, 0.15) is 5.82 Å². The summed E-state index contributed by atoms with van der Waals surface area (Å²) < 4.78 is 0. The first-order chi connectivity index (χ1) is 13.2. The molecule has 0 spiro atoms. The standard InChI is InChI=1S/C22H20N4O/c1-13-17(14-6-8-23-9-7-14)12-18-19(22(27)26-21(18)24-13)11-16-10-15-4-2-3-5-20(15)25-16/h6-12,25H,2-5H2,1H3,(H,24,26,27). The second-order valence-corrected chi connectivity index (χ2v) is 7.20. The fourth-order valence-electron chi connectivity index (χ4n) is 4.03. The number of fused-ring (bicyclic) bond motifs is 2. The highest BCUT2D eigenvalue weighted by Crippen LogP contribution is 2.36. The summed E-state index contributed by atoms with van der Waals surface area (Å²) in [7, 11) is 0. The Morgan fingerprint density at radius 1 is 1.07 bits per heavy atom. The van der Waals surface area contributed by atoms with E-state index >= 15 is 0 Å². The van der Waals surface area contributed by atoms with Crippen LogP contribution in [0.25, 0.3) is 22.8 Å². The lowest BCUT2D eigenvalue weighted by molar-refractivity contribution is -0.110. The first-order valence-electron chi connectivity index (χ1n) is 9.35. The van der Waals surface area contributed by atoms with Gasteiger partial charge in [-0.15, -0.1) is 0 Å². The molecule has 134 valence electrons. The SMILES string of the molecule is Cc1nc2c(cc1-c1ccncc1)C(=Cc1cc3c([nH]1)CCCC3)C(=O)N2. The molecule has 2 N–H and O–H groups in total. The largest absolute Gasteiger partial charge is 0.359 e. The third-order valence-corrected chi connectivity index (χ3v) is 5.41. The van der Waals surface area contributed by atoms with E-state index < -0.39 is 0 Å². The van der Waals surface area contributed by atoms with Gasteiger partial charge in [-0.2, -0.15) is 0 Å². The van der Waals surface area contributed by atoms with Crippen LogP contribution in [-0.2, 0) is 17.6 Å². The molecule has 3 aromatic rings. The van der Waals surface area contributed by atoms with Crippen molar-refractivity contribution in [1.82, 2.24) is 15.0 Å². The minimum atomic E-state index is -0.101.